The van der Waals surface area contributed by atoms with E-state index in [1.165, 1.54) is 0 Å². The fourth-order valence-electron chi connectivity index (χ4n) is 3.61. The number of ether oxygens (including phenoxy) is 1. The molecule has 0 radical (unpaired) electrons. The molecule has 0 saturated carbocycles. The Labute approximate surface area is 173 Å². The molecule has 1 aliphatic heterocycles. The van der Waals surface area contributed by atoms with Crippen molar-refractivity contribution in [3.63, 3.8) is 0 Å². The predicted molar refractivity (Wildman–Crippen MR) is 113 cm³/mol. The average molecular weight is 407 g/mol. The average Bonchev–Trinajstić information content (AvgIpc) is 3.39. The highest BCUT2D eigenvalue weighted by Gasteiger charge is 2.34. The maximum absolute atomic E-state index is 13.0. The quantitative estimate of drug-likeness (QED) is 0.641. The molecule has 2 amide bonds. The fourth-order valence-corrected chi connectivity index (χ4v) is 4.25. The molecule has 0 spiro atoms. The van der Waals surface area contributed by atoms with E-state index in [9.17, 15) is 9.59 Å². The van der Waals surface area contributed by atoms with Crippen LogP contribution in [0.25, 0.3) is 0 Å². The van der Waals surface area contributed by atoms with Crippen LogP contribution in [0.2, 0.25) is 0 Å². The molecular formula is C23H22N2O3S. The lowest BCUT2D eigenvalue weighted by Crippen LogP contribution is -2.34. The van der Waals surface area contributed by atoms with Crippen molar-refractivity contribution in [2.75, 3.05) is 7.11 Å². The Kier molecular flexibility index (Phi) is 5.62. The summed E-state index contributed by atoms with van der Waals surface area (Å²) in [6.45, 7) is 1.00. The lowest BCUT2D eigenvalue weighted by Gasteiger charge is -2.28. The molecule has 0 unspecified atom stereocenters. The third-order valence-electron chi connectivity index (χ3n) is 5.14. The van der Waals surface area contributed by atoms with Crippen LogP contribution in [0.1, 0.15) is 38.8 Å². The summed E-state index contributed by atoms with van der Waals surface area (Å²) in [7, 11) is 1.62. The van der Waals surface area contributed by atoms with Crippen molar-refractivity contribution in [2.24, 2.45) is 0 Å². The molecule has 2 heterocycles. The number of methoxy groups -OCH3 is 1. The number of hydrogen-bond acceptors (Lipinski definition) is 4. The van der Waals surface area contributed by atoms with Crippen molar-refractivity contribution in [1.29, 1.82) is 0 Å². The van der Waals surface area contributed by atoms with E-state index in [1.807, 2.05) is 66.0 Å². The van der Waals surface area contributed by atoms with Gasteiger partial charge in [0.25, 0.3) is 5.91 Å². The lowest BCUT2D eigenvalue weighted by atomic mass is 10.0. The van der Waals surface area contributed by atoms with Crippen molar-refractivity contribution < 1.29 is 14.3 Å². The highest BCUT2D eigenvalue weighted by molar-refractivity contribution is 7.09. The van der Waals surface area contributed by atoms with Gasteiger partial charge in [0.1, 0.15) is 5.75 Å². The van der Waals surface area contributed by atoms with Gasteiger partial charge in [-0.15, -0.1) is 11.3 Å². The minimum Gasteiger partial charge on any atom is -0.497 e. The maximum Gasteiger partial charge on any atom is 0.255 e. The predicted octanol–water partition coefficient (Wildman–Crippen LogP) is 4.16. The number of rotatable bonds is 7. The van der Waals surface area contributed by atoms with E-state index in [2.05, 4.69) is 5.32 Å². The number of carbonyl (C=O) groups excluding carboxylic acids is 2. The number of carbonyl (C=O) groups is 2. The maximum atomic E-state index is 13.0. The molecule has 0 fully saturated rings. The minimum absolute atomic E-state index is 0.0347. The molecule has 148 valence electrons. The van der Waals surface area contributed by atoms with E-state index in [-0.39, 0.29) is 24.3 Å². The van der Waals surface area contributed by atoms with Gasteiger partial charge < -0.3 is 15.0 Å². The van der Waals surface area contributed by atoms with Gasteiger partial charge in [0, 0.05) is 17.0 Å². The Morgan fingerprint density at radius 3 is 2.62 bits per heavy atom. The Hall–Kier alpha value is -3.12. The van der Waals surface area contributed by atoms with Crippen LogP contribution in [0.5, 0.6) is 5.75 Å². The van der Waals surface area contributed by atoms with Crippen LogP contribution in [0.4, 0.5) is 0 Å². The van der Waals surface area contributed by atoms with Crippen LogP contribution < -0.4 is 10.1 Å². The van der Waals surface area contributed by atoms with Crippen LogP contribution in [0, 0.1) is 0 Å². The van der Waals surface area contributed by atoms with Crippen molar-refractivity contribution >= 4 is 23.2 Å². The topological polar surface area (TPSA) is 58.6 Å². The SMILES string of the molecule is COc1ccc([C@H](CC(=O)NCc2cccs2)N2Cc3ccccc3C2=O)cc1. The normalized spacial score (nSPS) is 13.8. The third kappa shape index (κ3) is 4.17. The zero-order chi connectivity index (χ0) is 20.2. The highest BCUT2D eigenvalue weighted by Crippen LogP contribution is 2.34. The van der Waals surface area contributed by atoms with Gasteiger partial charge in [-0.2, -0.15) is 0 Å². The van der Waals surface area contributed by atoms with E-state index >= 15 is 0 Å². The summed E-state index contributed by atoms with van der Waals surface area (Å²) in [6.07, 6.45) is 0.206. The Morgan fingerprint density at radius 1 is 1.14 bits per heavy atom. The molecule has 1 aliphatic rings. The lowest BCUT2D eigenvalue weighted by molar-refractivity contribution is -0.122. The van der Waals surface area contributed by atoms with Gasteiger partial charge in [-0.25, -0.2) is 0 Å². The van der Waals surface area contributed by atoms with Gasteiger partial charge >= 0.3 is 0 Å². The number of amides is 2. The molecule has 1 aromatic heterocycles. The second-order valence-corrected chi connectivity index (χ2v) is 7.97. The summed E-state index contributed by atoms with van der Waals surface area (Å²) in [4.78, 5) is 28.6. The van der Waals surface area contributed by atoms with Crippen LogP contribution >= 0.6 is 11.3 Å². The zero-order valence-corrected chi connectivity index (χ0v) is 16.9. The molecule has 2 aromatic carbocycles. The zero-order valence-electron chi connectivity index (χ0n) is 16.1. The molecule has 0 saturated heterocycles. The number of fused-ring (bicyclic) bond motifs is 1. The molecular weight excluding hydrogens is 384 g/mol. The largest absolute Gasteiger partial charge is 0.497 e. The first-order valence-electron chi connectivity index (χ1n) is 9.47. The molecule has 3 aromatic rings. The minimum atomic E-state index is -0.343. The molecule has 0 aliphatic carbocycles. The molecule has 29 heavy (non-hydrogen) atoms. The molecule has 1 N–H and O–H groups in total. The van der Waals surface area contributed by atoms with Crippen molar-refractivity contribution in [2.45, 2.75) is 25.6 Å². The van der Waals surface area contributed by atoms with Crippen LogP contribution in [0.15, 0.2) is 66.0 Å². The van der Waals surface area contributed by atoms with Gasteiger partial charge in [0.2, 0.25) is 5.91 Å². The Morgan fingerprint density at radius 2 is 1.93 bits per heavy atom. The summed E-state index contributed by atoms with van der Waals surface area (Å²) in [6, 6.07) is 18.8. The second-order valence-electron chi connectivity index (χ2n) is 6.94. The number of benzene rings is 2. The van der Waals surface area contributed by atoms with E-state index in [0.717, 1.165) is 21.8 Å². The summed E-state index contributed by atoms with van der Waals surface area (Å²) >= 11 is 1.61. The number of hydrogen-bond donors (Lipinski definition) is 1. The standard InChI is InChI=1S/C23H22N2O3S/c1-28-18-10-8-16(9-11-18)21(13-22(26)24-14-19-6-4-12-29-19)25-15-17-5-2-3-7-20(17)23(25)27/h2-12,21H,13-15H2,1H3,(H,24,26)/t21-/m0/s1. The van der Waals surface area contributed by atoms with E-state index in [1.54, 1.807) is 23.3 Å². The van der Waals surface area contributed by atoms with Crippen LogP contribution in [-0.4, -0.2) is 23.8 Å². The first kappa shape index (κ1) is 19.2. The highest BCUT2D eigenvalue weighted by atomic mass is 32.1. The molecule has 0 bridgehead atoms. The Balaban J connectivity index is 1.56. The van der Waals surface area contributed by atoms with Crippen molar-refractivity contribution in [1.82, 2.24) is 10.2 Å². The fraction of sp³-hybridized carbons (Fsp3) is 0.217. The van der Waals surface area contributed by atoms with E-state index in [0.29, 0.717) is 18.7 Å². The van der Waals surface area contributed by atoms with Crippen molar-refractivity contribution in [3.05, 3.63) is 87.6 Å². The van der Waals surface area contributed by atoms with Gasteiger partial charge in [-0.05, 0) is 40.8 Å². The van der Waals surface area contributed by atoms with Gasteiger partial charge in [-0.1, -0.05) is 36.4 Å². The number of thiophene rings is 1. The summed E-state index contributed by atoms with van der Waals surface area (Å²) in [5, 5.41) is 4.96. The molecule has 5 nitrogen and oxygen atoms in total. The first-order valence-corrected chi connectivity index (χ1v) is 10.4. The van der Waals surface area contributed by atoms with E-state index < -0.39 is 0 Å². The number of nitrogens with zero attached hydrogens (tertiary/aromatic N) is 1. The van der Waals surface area contributed by atoms with E-state index in [4.69, 9.17) is 4.74 Å². The van der Waals surface area contributed by atoms with Gasteiger partial charge in [0.05, 0.1) is 26.1 Å². The molecule has 1 atom stereocenters. The smallest absolute Gasteiger partial charge is 0.255 e. The summed E-state index contributed by atoms with van der Waals surface area (Å²) in [5.41, 5.74) is 2.62. The summed E-state index contributed by atoms with van der Waals surface area (Å²) < 4.78 is 5.25. The first-order chi connectivity index (χ1) is 14.2. The molecule has 6 heteroatoms. The number of nitrogens with one attached hydrogen (secondary N) is 1. The van der Waals surface area contributed by atoms with Crippen LogP contribution in [0.3, 0.4) is 0 Å². The van der Waals surface area contributed by atoms with Gasteiger partial charge in [-0.3, -0.25) is 9.59 Å². The third-order valence-corrected chi connectivity index (χ3v) is 6.02. The molecule has 4 rings (SSSR count). The van der Waals surface area contributed by atoms with Gasteiger partial charge in [0.15, 0.2) is 0 Å². The second kappa shape index (κ2) is 8.49. The monoisotopic (exact) mass is 406 g/mol. The van der Waals surface area contributed by atoms with Crippen LogP contribution in [-0.2, 0) is 17.9 Å². The summed E-state index contributed by atoms with van der Waals surface area (Å²) in [5.74, 6) is 0.626. The van der Waals surface area contributed by atoms with Crippen molar-refractivity contribution in [3.8, 4) is 5.75 Å². The Bertz CT molecular complexity index is 999.